The van der Waals surface area contributed by atoms with Gasteiger partial charge in [-0.3, -0.25) is 9.59 Å². The van der Waals surface area contributed by atoms with Crippen LogP contribution in [0, 0.1) is 0 Å². The molecule has 0 aliphatic rings. The zero-order valence-electron chi connectivity index (χ0n) is 17.7. The molecule has 2 N–H and O–H groups in total. The van der Waals surface area contributed by atoms with Crippen LogP contribution in [0.1, 0.15) is 21.5 Å². The average Bonchev–Trinajstić information content (AvgIpc) is 2.83. The van der Waals surface area contributed by atoms with Crippen molar-refractivity contribution in [2.24, 2.45) is 5.10 Å². The van der Waals surface area contributed by atoms with Crippen LogP contribution < -0.4 is 20.2 Å². The molecule has 0 heterocycles. The van der Waals surface area contributed by atoms with E-state index in [1.165, 1.54) is 13.3 Å². The Balaban J connectivity index is 1.50. The summed E-state index contributed by atoms with van der Waals surface area (Å²) >= 11 is 11.9. The predicted molar refractivity (Wildman–Crippen MR) is 128 cm³/mol. The Kier molecular flexibility index (Phi) is 8.69. The number of amides is 2. The second-order valence-electron chi connectivity index (χ2n) is 6.78. The summed E-state index contributed by atoms with van der Waals surface area (Å²) in [4.78, 5) is 24.0. The summed E-state index contributed by atoms with van der Waals surface area (Å²) in [6, 6.07) is 19.2. The molecule has 3 aromatic rings. The van der Waals surface area contributed by atoms with E-state index < -0.39 is 11.8 Å². The number of halogens is 2. The van der Waals surface area contributed by atoms with Gasteiger partial charge in [-0.2, -0.15) is 5.10 Å². The highest BCUT2D eigenvalue weighted by atomic mass is 35.5. The summed E-state index contributed by atoms with van der Waals surface area (Å²) in [7, 11) is 1.54. The van der Waals surface area contributed by atoms with Crippen molar-refractivity contribution in [3.8, 4) is 11.5 Å². The highest BCUT2D eigenvalue weighted by Gasteiger charge is 2.11. The first kappa shape index (κ1) is 24.1. The van der Waals surface area contributed by atoms with E-state index in [0.29, 0.717) is 39.3 Å². The van der Waals surface area contributed by atoms with Crippen LogP contribution in [-0.2, 0) is 11.4 Å². The summed E-state index contributed by atoms with van der Waals surface area (Å²) < 4.78 is 11.2. The van der Waals surface area contributed by atoms with Crippen molar-refractivity contribution in [1.82, 2.24) is 10.7 Å². The van der Waals surface area contributed by atoms with Gasteiger partial charge < -0.3 is 14.8 Å². The van der Waals surface area contributed by atoms with E-state index in [-0.39, 0.29) is 6.54 Å². The Morgan fingerprint density at radius 1 is 1.00 bits per heavy atom. The van der Waals surface area contributed by atoms with Gasteiger partial charge >= 0.3 is 0 Å². The molecule has 0 unspecified atom stereocenters. The number of rotatable bonds is 9. The first-order valence-corrected chi connectivity index (χ1v) is 10.6. The fraction of sp³-hybridized carbons (Fsp3) is 0.125. The van der Waals surface area contributed by atoms with Crippen LogP contribution in [0.4, 0.5) is 0 Å². The van der Waals surface area contributed by atoms with E-state index in [1.807, 2.05) is 12.1 Å². The second kappa shape index (κ2) is 11.9. The van der Waals surface area contributed by atoms with Crippen molar-refractivity contribution in [2.45, 2.75) is 6.61 Å². The van der Waals surface area contributed by atoms with Gasteiger partial charge in [-0.25, -0.2) is 5.43 Å². The molecule has 0 saturated carbocycles. The van der Waals surface area contributed by atoms with Crippen molar-refractivity contribution in [3.05, 3.63) is 93.5 Å². The molecule has 0 atom stereocenters. The van der Waals surface area contributed by atoms with Gasteiger partial charge in [0.2, 0.25) is 0 Å². The predicted octanol–water partition coefficient (Wildman–Crippen LogP) is 4.46. The molecule has 0 radical (unpaired) electrons. The first-order chi connectivity index (χ1) is 16.0. The number of methoxy groups -OCH3 is 1. The highest BCUT2D eigenvalue weighted by molar-refractivity contribution is 6.33. The molecule has 0 aliphatic heterocycles. The smallest absolute Gasteiger partial charge is 0.259 e. The quantitative estimate of drug-likeness (QED) is 0.345. The molecule has 0 bridgehead atoms. The minimum absolute atomic E-state index is 0.248. The molecule has 0 saturated heterocycles. The molecule has 3 aromatic carbocycles. The average molecular weight is 486 g/mol. The van der Waals surface area contributed by atoms with Crippen LogP contribution in [0.3, 0.4) is 0 Å². The Hall–Kier alpha value is -3.55. The van der Waals surface area contributed by atoms with Crippen molar-refractivity contribution < 1.29 is 19.1 Å². The maximum Gasteiger partial charge on any atom is 0.259 e. The number of hydrogen-bond acceptors (Lipinski definition) is 5. The molecule has 0 aliphatic carbocycles. The summed E-state index contributed by atoms with van der Waals surface area (Å²) in [6.07, 6.45) is 1.46. The normalized spacial score (nSPS) is 10.6. The molecule has 0 fully saturated rings. The Labute approximate surface area is 201 Å². The molecule has 2 amide bonds. The monoisotopic (exact) mass is 485 g/mol. The van der Waals surface area contributed by atoms with Crippen molar-refractivity contribution in [1.29, 1.82) is 0 Å². The van der Waals surface area contributed by atoms with E-state index in [1.54, 1.807) is 54.6 Å². The second-order valence-corrected chi connectivity index (χ2v) is 7.62. The lowest BCUT2D eigenvalue weighted by molar-refractivity contribution is -0.120. The largest absolute Gasteiger partial charge is 0.493 e. The minimum Gasteiger partial charge on any atom is -0.493 e. The van der Waals surface area contributed by atoms with Crippen LogP contribution in [-0.4, -0.2) is 31.7 Å². The van der Waals surface area contributed by atoms with Crippen LogP contribution >= 0.6 is 23.2 Å². The van der Waals surface area contributed by atoms with Crippen LogP contribution in [0.15, 0.2) is 71.8 Å². The van der Waals surface area contributed by atoms with Gasteiger partial charge in [-0.15, -0.1) is 0 Å². The van der Waals surface area contributed by atoms with Gasteiger partial charge in [0.25, 0.3) is 11.8 Å². The fourth-order valence-electron chi connectivity index (χ4n) is 2.74. The molecular formula is C24H21Cl2N3O4. The number of ether oxygens (including phenoxy) is 2. The Bertz CT molecular complexity index is 1150. The van der Waals surface area contributed by atoms with Gasteiger partial charge in [0.05, 0.1) is 30.5 Å². The third-order valence-corrected chi connectivity index (χ3v) is 5.01. The topological polar surface area (TPSA) is 89.0 Å². The number of hydrogen-bond donors (Lipinski definition) is 2. The van der Waals surface area contributed by atoms with E-state index >= 15 is 0 Å². The van der Waals surface area contributed by atoms with Crippen molar-refractivity contribution in [2.75, 3.05) is 13.7 Å². The highest BCUT2D eigenvalue weighted by Crippen LogP contribution is 2.28. The van der Waals surface area contributed by atoms with E-state index in [4.69, 9.17) is 32.7 Å². The number of nitrogens with zero attached hydrogens (tertiary/aromatic N) is 1. The maximum atomic E-state index is 12.1. The van der Waals surface area contributed by atoms with Gasteiger partial charge in [-0.05, 0) is 53.6 Å². The lowest BCUT2D eigenvalue weighted by Crippen LogP contribution is -2.35. The molecule has 0 aromatic heterocycles. The summed E-state index contributed by atoms with van der Waals surface area (Å²) in [5.74, 6) is 0.155. The van der Waals surface area contributed by atoms with Gasteiger partial charge in [-0.1, -0.05) is 47.5 Å². The van der Waals surface area contributed by atoms with Crippen molar-refractivity contribution >= 4 is 41.2 Å². The molecule has 7 nitrogen and oxygen atoms in total. The van der Waals surface area contributed by atoms with Crippen LogP contribution in [0.5, 0.6) is 11.5 Å². The molecule has 9 heteroatoms. The van der Waals surface area contributed by atoms with E-state index in [2.05, 4.69) is 15.8 Å². The molecule has 170 valence electrons. The van der Waals surface area contributed by atoms with E-state index in [9.17, 15) is 9.59 Å². The maximum absolute atomic E-state index is 12.1. The van der Waals surface area contributed by atoms with Crippen LogP contribution in [0.25, 0.3) is 0 Å². The minimum atomic E-state index is -0.485. The first-order valence-electron chi connectivity index (χ1n) is 9.86. The molecule has 3 rings (SSSR count). The number of benzene rings is 3. The fourth-order valence-corrected chi connectivity index (χ4v) is 3.09. The Morgan fingerprint density at radius 2 is 1.76 bits per heavy atom. The van der Waals surface area contributed by atoms with Gasteiger partial charge in [0.1, 0.15) is 6.61 Å². The van der Waals surface area contributed by atoms with Gasteiger partial charge in [0, 0.05) is 5.02 Å². The zero-order valence-corrected chi connectivity index (χ0v) is 19.2. The SMILES string of the molecule is COc1cc(/C=N/NC(=O)CNC(=O)c2ccccc2Cl)ccc1OCc1ccc(Cl)cc1. The standard InChI is InChI=1S/C24H21Cl2N3O4/c1-32-22-12-17(8-11-21(22)33-15-16-6-9-18(25)10-7-16)13-28-29-23(30)14-27-24(31)19-4-2-3-5-20(19)26/h2-13H,14-15H2,1H3,(H,27,31)(H,29,30)/b28-13+. The Morgan fingerprint density at radius 3 is 2.48 bits per heavy atom. The summed E-state index contributed by atoms with van der Waals surface area (Å²) in [5.41, 5.74) is 4.30. The zero-order chi connectivity index (χ0) is 23.6. The number of nitrogens with one attached hydrogen (secondary N) is 2. The lowest BCUT2D eigenvalue weighted by Gasteiger charge is -2.11. The number of hydrazone groups is 1. The van der Waals surface area contributed by atoms with Gasteiger partial charge in [0.15, 0.2) is 11.5 Å². The molecule has 0 spiro atoms. The summed E-state index contributed by atoms with van der Waals surface area (Å²) in [5, 5.41) is 7.37. The van der Waals surface area contributed by atoms with Crippen LogP contribution in [0.2, 0.25) is 10.0 Å². The number of carbonyl (C=O) groups is 2. The molecular weight excluding hydrogens is 465 g/mol. The third-order valence-electron chi connectivity index (χ3n) is 4.43. The summed E-state index contributed by atoms with van der Waals surface area (Å²) in [6.45, 7) is 0.110. The van der Waals surface area contributed by atoms with E-state index in [0.717, 1.165) is 5.56 Å². The molecule has 33 heavy (non-hydrogen) atoms. The third kappa shape index (κ3) is 7.24. The number of carbonyl (C=O) groups excluding carboxylic acids is 2. The lowest BCUT2D eigenvalue weighted by atomic mass is 10.2. The van der Waals surface area contributed by atoms with Crippen molar-refractivity contribution in [3.63, 3.8) is 0 Å².